The fraction of sp³-hybridized carbons (Fsp3) is 0.467. The molecule has 2 rings (SSSR count). The average Bonchev–Trinajstić information content (AvgIpc) is 2.81. The molecule has 0 saturated heterocycles. The van der Waals surface area contributed by atoms with E-state index in [9.17, 15) is 0 Å². The first kappa shape index (κ1) is 14.5. The molecule has 1 heterocycles. The lowest BCUT2D eigenvalue weighted by Crippen LogP contribution is -2.19. The van der Waals surface area contributed by atoms with Crippen LogP contribution in [-0.4, -0.2) is 27.4 Å². The monoisotopic (exact) mass is 274 g/mol. The molecule has 0 atom stereocenters. The number of hydrogen-bond acceptors (Lipinski definition) is 4. The predicted molar refractivity (Wildman–Crippen MR) is 78.6 cm³/mol. The van der Waals surface area contributed by atoms with Gasteiger partial charge < -0.3 is 14.6 Å². The molecule has 0 amide bonds. The van der Waals surface area contributed by atoms with E-state index in [-0.39, 0.29) is 6.10 Å². The van der Waals surface area contributed by atoms with Crippen LogP contribution in [0.25, 0.3) is 0 Å². The number of hydrogen-bond donors (Lipinski definition) is 1. The van der Waals surface area contributed by atoms with E-state index in [0.717, 1.165) is 31.1 Å². The smallest absolute Gasteiger partial charge is 0.133 e. The molecule has 1 aromatic heterocycles. The van der Waals surface area contributed by atoms with Crippen molar-refractivity contribution in [3.05, 3.63) is 42.0 Å². The molecule has 1 aromatic carbocycles. The molecule has 0 saturated carbocycles. The zero-order valence-electron chi connectivity index (χ0n) is 12.3. The van der Waals surface area contributed by atoms with E-state index >= 15 is 0 Å². The summed E-state index contributed by atoms with van der Waals surface area (Å²) in [6, 6.07) is 8.14. The van der Waals surface area contributed by atoms with Crippen molar-refractivity contribution in [2.45, 2.75) is 32.9 Å². The first-order chi connectivity index (χ1) is 9.66. The molecule has 0 aliphatic carbocycles. The maximum atomic E-state index is 5.80. The van der Waals surface area contributed by atoms with Crippen LogP contribution in [0.1, 0.15) is 25.2 Å². The van der Waals surface area contributed by atoms with Gasteiger partial charge >= 0.3 is 0 Å². The molecule has 2 aromatic rings. The summed E-state index contributed by atoms with van der Waals surface area (Å²) in [6.07, 6.45) is 2.78. The summed E-state index contributed by atoms with van der Waals surface area (Å²) >= 11 is 0. The van der Waals surface area contributed by atoms with Gasteiger partial charge in [0.2, 0.25) is 0 Å². The lowest BCUT2D eigenvalue weighted by atomic mass is 10.2. The Morgan fingerprint density at radius 1 is 1.30 bits per heavy atom. The fourth-order valence-corrected chi connectivity index (χ4v) is 1.98. The summed E-state index contributed by atoms with van der Waals surface area (Å²) < 4.78 is 7.74. The average molecular weight is 274 g/mol. The molecule has 5 nitrogen and oxygen atoms in total. The van der Waals surface area contributed by atoms with E-state index in [0.29, 0.717) is 0 Å². The molecule has 0 spiro atoms. The zero-order chi connectivity index (χ0) is 14.4. The van der Waals surface area contributed by atoms with Crippen molar-refractivity contribution < 1.29 is 4.74 Å². The summed E-state index contributed by atoms with van der Waals surface area (Å²) in [7, 11) is 1.96. The Bertz CT molecular complexity index is 536. The van der Waals surface area contributed by atoms with E-state index in [1.807, 2.05) is 43.7 Å². The number of aryl methyl sites for hydroxylation is 1. The minimum atomic E-state index is 0.190. The molecule has 0 bridgehead atoms. The molecule has 0 fully saturated rings. The molecule has 0 radical (unpaired) electrons. The van der Waals surface area contributed by atoms with Crippen LogP contribution in [0.4, 0.5) is 0 Å². The quantitative estimate of drug-likeness (QED) is 0.784. The summed E-state index contributed by atoms with van der Waals surface area (Å²) in [4.78, 5) is 0. The van der Waals surface area contributed by atoms with Crippen molar-refractivity contribution >= 4 is 0 Å². The Hall–Kier alpha value is -1.88. The van der Waals surface area contributed by atoms with Gasteiger partial charge in [-0.3, -0.25) is 0 Å². The van der Waals surface area contributed by atoms with E-state index in [1.54, 1.807) is 6.33 Å². The molecule has 1 N–H and O–H groups in total. The van der Waals surface area contributed by atoms with Gasteiger partial charge in [-0.15, -0.1) is 10.2 Å². The van der Waals surface area contributed by atoms with Gasteiger partial charge in [0.25, 0.3) is 0 Å². The highest BCUT2D eigenvalue weighted by Crippen LogP contribution is 2.18. The molecule has 0 aliphatic rings. The maximum absolute atomic E-state index is 5.80. The van der Waals surface area contributed by atoms with E-state index in [2.05, 4.69) is 21.6 Å². The number of benzene rings is 1. The third-order valence-electron chi connectivity index (χ3n) is 2.98. The van der Waals surface area contributed by atoms with Crippen LogP contribution in [0.2, 0.25) is 0 Å². The molecule has 5 heteroatoms. The number of rotatable bonds is 7. The largest absolute Gasteiger partial charge is 0.491 e. The van der Waals surface area contributed by atoms with Crippen molar-refractivity contribution in [1.29, 1.82) is 0 Å². The van der Waals surface area contributed by atoms with Gasteiger partial charge in [0, 0.05) is 32.1 Å². The van der Waals surface area contributed by atoms with Gasteiger partial charge in [0.15, 0.2) is 0 Å². The minimum absolute atomic E-state index is 0.190. The van der Waals surface area contributed by atoms with Gasteiger partial charge in [-0.25, -0.2) is 0 Å². The summed E-state index contributed by atoms with van der Waals surface area (Å²) in [6.45, 7) is 5.74. The second-order valence-electron chi connectivity index (χ2n) is 5.06. The number of ether oxygens (including phenoxy) is 1. The highest BCUT2D eigenvalue weighted by Gasteiger charge is 2.05. The van der Waals surface area contributed by atoms with E-state index < -0.39 is 0 Å². The predicted octanol–water partition coefficient (Wildman–Crippen LogP) is 1.93. The van der Waals surface area contributed by atoms with Crippen LogP contribution in [0.3, 0.4) is 0 Å². The summed E-state index contributed by atoms with van der Waals surface area (Å²) in [5, 5.41) is 11.4. The zero-order valence-corrected chi connectivity index (χ0v) is 12.3. The number of nitrogens with one attached hydrogen (secondary N) is 1. The Morgan fingerprint density at radius 2 is 2.10 bits per heavy atom. The highest BCUT2D eigenvalue weighted by molar-refractivity contribution is 5.33. The Labute approximate surface area is 120 Å². The van der Waals surface area contributed by atoms with Gasteiger partial charge in [0.1, 0.15) is 17.9 Å². The fourth-order valence-electron chi connectivity index (χ4n) is 1.98. The Kier molecular flexibility index (Phi) is 5.12. The molecular formula is C15H22N4O. The van der Waals surface area contributed by atoms with Gasteiger partial charge in [-0.05, 0) is 19.9 Å². The van der Waals surface area contributed by atoms with Crippen LogP contribution >= 0.6 is 0 Å². The number of nitrogens with zero attached hydrogens (tertiary/aromatic N) is 3. The standard InChI is InChI=1S/C15H22N4O/c1-12(2)20-14-7-5-4-6-13(14)10-16-9-8-15-18-17-11-19(15)3/h4-7,11-12,16H,8-10H2,1-3H3. The van der Waals surface area contributed by atoms with Crippen molar-refractivity contribution in [3.63, 3.8) is 0 Å². The number of para-hydroxylation sites is 1. The summed E-state index contributed by atoms with van der Waals surface area (Å²) in [5.74, 6) is 1.94. The third kappa shape index (κ3) is 4.06. The SMILES string of the molecule is CC(C)Oc1ccccc1CNCCc1nncn1C. The van der Waals surface area contributed by atoms with E-state index in [4.69, 9.17) is 4.74 Å². The van der Waals surface area contributed by atoms with Crippen LogP contribution in [0.15, 0.2) is 30.6 Å². The topological polar surface area (TPSA) is 52.0 Å². The van der Waals surface area contributed by atoms with Crippen LogP contribution in [0, 0.1) is 0 Å². The second kappa shape index (κ2) is 7.05. The highest BCUT2D eigenvalue weighted by atomic mass is 16.5. The lowest BCUT2D eigenvalue weighted by molar-refractivity contribution is 0.239. The minimum Gasteiger partial charge on any atom is -0.491 e. The van der Waals surface area contributed by atoms with Gasteiger partial charge in [0.05, 0.1) is 6.10 Å². The first-order valence-electron chi connectivity index (χ1n) is 6.95. The normalized spacial score (nSPS) is 11.0. The second-order valence-corrected chi connectivity index (χ2v) is 5.06. The third-order valence-corrected chi connectivity index (χ3v) is 2.98. The van der Waals surface area contributed by atoms with Crippen molar-refractivity contribution in [3.8, 4) is 5.75 Å². The van der Waals surface area contributed by atoms with Crippen LogP contribution < -0.4 is 10.1 Å². The van der Waals surface area contributed by atoms with E-state index in [1.165, 1.54) is 5.56 Å². The summed E-state index contributed by atoms with van der Waals surface area (Å²) in [5.41, 5.74) is 1.18. The molecule has 0 aliphatic heterocycles. The molecule has 0 unspecified atom stereocenters. The van der Waals surface area contributed by atoms with Crippen LogP contribution in [-0.2, 0) is 20.0 Å². The Morgan fingerprint density at radius 3 is 2.80 bits per heavy atom. The maximum Gasteiger partial charge on any atom is 0.133 e. The van der Waals surface area contributed by atoms with Gasteiger partial charge in [-0.2, -0.15) is 0 Å². The van der Waals surface area contributed by atoms with Crippen LogP contribution in [0.5, 0.6) is 5.75 Å². The lowest BCUT2D eigenvalue weighted by Gasteiger charge is -2.14. The van der Waals surface area contributed by atoms with Crippen molar-refractivity contribution in [1.82, 2.24) is 20.1 Å². The molecular weight excluding hydrogens is 252 g/mol. The Balaban J connectivity index is 1.83. The van der Waals surface area contributed by atoms with Crippen molar-refractivity contribution in [2.75, 3.05) is 6.54 Å². The van der Waals surface area contributed by atoms with Gasteiger partial charge in [-0.1, -0.05) is 18.2 Å². The number of aromatic nitrogens is 3. The molecule has 108 valence electrons. The van der Waals surface area contributed by atoms with Crippen molar-refractivity contribution in [2.24, 2.45) is 7.05 Å². The first-order valence-corrected chi connectivity index (χ1v) is 6.95. The molecule has 20 heavy (non-hydrogen) atoms.